The topological polar surface area (TPSA) is 66.4 Å². The molecule has 0 fully saturated rings. The molecule has 0 spiro atoms. The highest BCUT2D eigenvalue weighted by Crippen LogP contribution is 2.18. The van der Waals surface area contributed by atoms with E-state index in [2.05, 4.69) is 5.32 Å². The molecular weight excluding hydrogens is 273 g/mol. The van der Waals surface area contributed by atoms with Gasteiger partial charge in [-0.2, -0.15) is 0 Å². The number of hydrogen-bond donors (Lipinski definition) is 2. The summed E-state index contributed by atoms with van der Waals surface area (Å²) in [6, 6.07) is 10.4. The number of carboxylic acids is 1. The van der Waals surface area contributed by atoms with E-state index in [9.17, 15) is 14.0 Å². The number of carboxylic acid groups (broad SMARTS) is 1. The Balaban J connectivity index is 2.12. The molecule has 2 N–H and O–H groups in total. The number of aromatic carboxylic acids is 1. The fourth-order valence-electron chi connectivity index (χ4n) is 1.93. The SMILES string of the molecule is Cc1ccc(NC(=O)Cc2ccc(F)cc2)c(C(=O)O)c1. The molecule has 4 nitrogen and oxygen atoms in total. The van der Waals surface area contributed by atoms with E-state index < -0.39 is 5.97 Å². The number of benzene rings is 2. The zero-order chi connectivity index (χ0) is 15.4. The number of carbonyl (C=O) groups is 2. The Labute approximate surface area is 121 Å². The molecular formula is C16H14FNO3. The molecule has 5 heteroatoms. The molecule has 0 radical (unpaired) electrons. The van der Waals surface area contributed by atoms with Crippen molar-refractivity contribution in [2.75, 3.05) is 5.32 Å². The van der Waals surface area contributed by atoms with Crippen LogP contribution in [0.25, 0.3) is 0 Å². The second-order valence-corrected chi connectivity index (χ2v) is 4.71. The fraction of sp³-hybridized carbons (Fsp3) is 0.125. The molecule has 0 saturated heterocycles. The molecule has 0 aliphatic rings. The maximum absolute atomic E-state index is 12.8. The largest absolute Gasteiger partial charge is 0.478 e. The molecule has 21 heavy (non-hydrogen) atoms. The number of amides is 1. The van der Waals surface area contributed by atoms with Crippen molar-refractivity contribution < 1.29 is 19.1 Å². The molecule has 0 unspecified atom stereocenters. The van der Waals surface area contributed by atoms with E-state index in [-0.39, 0.29) is 29.4 Å². The Hall–Kier alpha value is -2.69. The zero-order valence-corrected chi connectivity index (χ0v) is 11.4. The van der Waals surface area contributed by atoms with Crippen molar-refractivity contribution in [1.29, 1.82) is 0 Å². The number of halogens is 1. The Morgan fingerprint density at radius 3 is 2.43 bits per heavy atom. The van der Waals surface area contributed by atoms with Crippen molar-refractivity contribution in [2.45, 2.75) is 13.3 Å². The second kappa shape index (κ2) is 6.17. The summed E-state index contributed by atoms with van der Waals surface area (Å²) >= 11 is 0. The first-order valence-electron chi connectivity index (χ1n) is 6.34. The van der Waals surface area contributed by atoms with E-state index in [1.807, 2.05) is 0 Å². The van der Waals surface area contributed by atoms with Crippen molar-refractivity contribution in [1.82, 2.24) is 0 Å². The van der Waals surface area contributed by atoms with Crippen LogP contribution in [0, 0.1) is 12.7 Å². The number of carbonyl (C=O) groups excluding carboxylic acids is 1. The normalized spacial score (nSPS) is 10.2. The minimum atomic E-state index is -1.10. The lowest BCUT2D eigenvalue weighted by Gasteiger charge is -2.09. The standard InChI is InChI=1S/C16H14FNO3/c1-10-2-7-14(13(8-10)16(20)21)18-15(19)9-11-3-5-12(17)6-4-11/h2-8H,9H2,1H3,(H,18,19)(H,20,21). The maximum atomic E-state index is 12.8. The van der Waals surface area contributed by atoms with Gasteiger partial charge in [-0.05, 0) is 36.8 Å². The van der Waals surface area contributed by atoms with Crippen LogP contribution in [0.3, 0.4) is 0 Å². The molecule has 2 aromatic rings. The van der Waals surface area contributed by atoms with Crippen molar-refractivity contribution in [3.05, 3.63) is 65.0 Å². The van der Waals surface area contributed by atoms with E-state index in [4.69, 9.17) is 5.11 Å². The van der Waals surface area contributed by atoms with Crippen LogP contribution in [-0.4, -0.2) is 17.0 Å². The van der Waals surface area contributed by atoms with Crippen LogP contribution in [0.5, 0.6) is 0 Å². The van der Waals surface area contributed by atoms with Gasteiger partial charge in [-0.15, -0.1) is 0 Å². The van der Waals surface area contributed by atoms with E-state index in [1.54, 1.807) is 19.1 Å². The van der Waals surface area contributed by atoms with Crippen LogP contribution in [0.2, 0.25) is 0 Å². The Kier molecular flexibility index (Phi) is 4.33. The van der Waals surface area contributed by atoms with Crippen molar-refractivity contribution in [3.8, 4) is 0 Å². The number of hydrogen-bond acceptors (Lipinski definition) is 2. The molecule has 2 aromatic carbocycles. The number of nitrogens with one attached hydrogen (secondary N) is 1. The highest BCUT2D eigenvalue weighted by Gasteiger charge is 2.13. The Bertz CT molecular complexity index is 680. The lowest BCUT2D eigenvalue weighted by molar-refractivity contribution is -0.115. The highest BCUT2D eigenvalue weighted by atomic mass is 19.1. The average Bonchev–Trinajstić information content (AvgIpc) is 2.43. The Morgan fingerprint density at radius 2 is 1.81 bits per heavy atom. The summed E-state index contributed by atoms with van der Waals surface area (Å²) in [5.41, 5.74) is 1.74. The first-order valence-corrected chi connectivity index (χ1v) is 6.34. The highest BCUT2D eigenvalue weighted by molar-refractivity contribution is 6.01. The van der Waals surface area contributed by atoms with E-state index in [0.717, 1.165) is 5.56 Å². The Morgan fingerprint density at radius 1 is 1.14 bits per heavy atom. The van der Waals surface area contributed by atoms with Gasteiger partial charge in [0.05, 0.1) is 17.7 Å². The molecule has 1 amide bonds. The molecule has 0 bridgehead atoms. The van der Waals surface area contributed by atoms with Gasteiger partial charge >= 0.3 is 5.97 Å². The molecule has 0 heterocycles. The monoisotopic (exact) mass is 287 g/mol. The molecule has 0 aliphatic heterocycles. The van der Waals surface area contributed by atoms with Gasteiger partial charge < -0.3 is 10.4 Å². The summed E-state index contributed by atoms with van der Waals surface area (Å²) in [5.74, 6) is -1.82. The molecule has 0 aliphatic carbocycles. The van der Waals surface area contributed by atoms with Gasteiger partial charge in [0.15, 0.2) is 0 Å². The van der Waals surface area contributed by atoms with Crippen molar-refractivity contribution in [2.24, 2.45) is 0 Å². The molecule has 108 valence electrons. The van der Waals surface area contributed by atoms with Gasteiger partial charge in [0.2, 0.25) is 5.91 Å². The number of rotatable bonds is 4. The fourth-order valence-corrected chi connectivity index (χ4v) is 1.93. The lowest BCUT2D eigenvalue weighted by atomic mass is 10.1. The zero-order valence-electron chi connectivity index (χ0n) is 11.4. The summed E-state index contributed by atoms with van der Waals surface area (Å²) in [6.45, 7) is 1.77. The molecule has 0 saturated carbocycles. The van der Waals surface area contributed by atoms with Gasteiger partial charge in [0, 0.05) is 0 Å². The molecule has 0 aromatic heterocycles. The lowest BCUT2D eigenvalue weighted by Crippen LogP contribution is -2.17. The number of anilines is 1. The van der Waals surface area contributed by atoms with Gasteiger partial charge in [-0.1, -0.05) is 23.8 Å². The average molecular weight is 287 g/mol. The molecule has 2 rings (SSSR count). The maximum Gasteiger partial charge on any atom is 0.337 e. The second-order valence-electron chi connectivity index (χ2n) is 4.71. The van der Waals surface area contributed by atoms with Crippen molar-refractivity contribution in [3.63, 3.8) is 0 Å². The number of aryl methyl sites for hydroxylation is 1. The van der Waals surface area contributed by atoms with Crippen molar-refractivity contribution >= 4 is 17.6 Å². The first kappa shape index (κ1) is 14.7. The third kappa shape index (κ3) is 3.89. The summed E-state index contributed by atoms with van der Waals surface area (Å²) in [7, 11) is 0. The quantitative estimate of drug-likeness (QED) is 0.908. The van der Waals surface area contributed by atoms with Crippen LogP contribution >= 0.6 is 0 Å². The first-order chi connectivity index (χ1) is 9.95. The summed E-state index contributed by atoms with van der Waals surface area (Å²) < 4.78 is 12.8. The predicted molar refractivity (Wildman–Crippen MR) is 76.9 cm³/mol. The van der Waals surface area contributed by atoms with E-state index >= 15 is 0 Å². The summed E-state index contributed by atoms with van der Waals surface area (Å²) in [6.07, 6.45) is 0.0488. The van der Waals surface area contributed by atoms with Gasteiger partial charge in [0.1, 0.15) is 5.82 Å². The summed E-state index contributed by atoms with van der Waals surface area (Å²) in [5, 5.41) is 11.7. The van der Waals surface area contributed by atoms with Crippen LogP contribution in [-0.2, 0) is 11.2 Å². The van der Waals surface area contributed by atoms with Gasteiger partial charge in [0.25, 0.3) is 0 Å². The van der Waals surface area contributed by atoms with Gasteiger partial charge in [-0.3, -0.25) is 4.79 Å². The third-order valence-electron chi connectivity index (χ3n) is 2.96. The molecule has 0 atom stereocenters. The van der Waals surface area contributed by atoms with Gasteiger partial charge in [-0.25, -0.2) is 9.18 Å². The van der Waals surface area contributed by atoms with E-state index in [1.165, 1.54) is 30.3 Å². The minimum Gasteiger partial charge on any atom is -0.478 e. The summed E-state index contributed by atoms with van der Waals surface area (Å²) in [4.78, 5) is 23.1. The van der Waals surface area contributed by atoms with Crippen LogP contribution in [0.1, 0.15) is 21.5 Å². The van der Waals surface area contributed by atoms with E-state index in [0.29, 0.717) is 5.56 Å². The van der Waals surface area contributed by atoms with Crippen LogP contribution in [0.15, 0.2) is 42.5 Å². The smallest absolute Gasteiger partial charge is 0.337 e. The predicted octanol–water partition coefficient (Wildman–Crippen LogP) is 3.01. The van der Waals surface area contributed by atoms with Crippen LogP contribution < -0.4 is 5.32 Å². The van der Waals surface area contributed by atoms with Crippen LogP contribution in [0.4, 0.5) is 10.1 Å². The third-order valence-corrected chi connectivity index (χ3v) is 2.96. The minimum absolute atomic E-state index is 0.0439.